The maximum atomic E-state index is 10.7. The molecule has 0 radical (unpaired) electrons. The topological polar surface area (TPSA) is 38.3 Å². The Morgan fingerprint density at radius 2 is 2.43 bits per heavy atom. The number of aldehydes is 1. The first kappa shape index (κ1) is 9.31. The minimum absolute atomic E-state index is 0.231. The quantitative estimate of drug-likeness (QED) is 0.688. The molecule has 1 atom stereocenters. The highest BCUT2D eigenvalue weighted by Crippen LogP contribution is 2.28. The van der Waals surface area contributed by atoms with Gasteiger partial charge in [0.25, 0.3) is 0 Å². The van der Waals surface area contributed by atoms with Gasteiger partial charge in [0.15, 0.2) is 6.29 Å². The lowest BCUT2D eigenvalue weighted by Crippen LogP contribution is -2.30. The molecule has 1 aliphatic heterocycles. The summed E-state index contributed by atoms with van der Waals surface area (Å²) >= 11 is 0. The lowest BCUT2D eigenvalue weighted by atomic mass is 10.1. The number of rotatable bonds is 4. The zero-order valence-electron chi connectivity index (χ0n) is 8.32. The van der Waals surface area contributed by atoms with Crippen molar-refractivity contribution in [1.29, 1.82) is 0 Å². The number of nitrogens with one attached hydrogen (secondary N) is 1. The van der Waals surface area contributed by atoms with Gasteiger partial charge in [0, 0.05) is 12.1 Å². The van der Waals surface area contributed by atoms with Crippen LogP contribution in [0.2, 0.25) is 0 Å². The Bertz CT molecular complexity index is 290. The molecule has 0 bridgehead atoms. The van der Waals surface area contributed by atoms with Crippen LogP contribution in [0.1, 0.15) is 26.2 Å². The molecule has 14 heavy (non-hydrogen) atoms. The first-order chi connectivity index (χ1) is 6.81. The van der Waals surface area contributed by atoms with Gasteiger partial charge in [-0.3, -0.25) is 4.79 Å². The Balaban J connectivity index is 2.06. The highest BCUT2D eigenvalue weighted by molar-refractivity contribution is 5.74. The summed E-state index contributed by atoms with van der Waals surface area (Å²) in [6.07, 6.45) is 8.30. The van der Waals surface area contributed by atoms with E-state index >= 15 is 0 Å². The van der Waals surface area contributed by atoms with E-state index < -0.39 is 0 Å². The van der Waals surface area contributed by atoms with Crippen molar-refractivity contribution in [2.24, 2.45) is 0 Å². The van der Waals surface area contributed by atoms with Crippen molar-refractivity contribution in [3.05, 3.63) is 23.6 Å². The molecule has 2 rings (SSSR count). The third-order valence-corrected chi connectivity index (χ3v) is 2.41. The van der Waals surface area contributed by atoms with E-state index in [1.54, 1.807) is 6.08 Å². The number of allylic oxidation sites excluding steroid dienone is 2. The van der Waals surface area contributed by atoms with E-state index in [9.17, 15) is 4.79 Å². The fraction of sp³-hybridized carbons (Fsp3) is 0.545. The van der Waals surface area contributed by atoms with Gasteiger partial charge in [-0.25, -0.2) is 0 Å². The van der Waals surface area contributed by atoms with E-state index in [0.717, 1.165) is 31.3 Å². The number of dihydropyridines is 1. The second-order valence-electron chi connectivity index (χ2n) is 3.76. The number of ether oxygens (including phenoxy) is 1. The zero-order chi connectivity index (χ0) is 9.97. The van der Waals surface area contributed by atoms with Gasteiger partial charge in [-0.2, -0.15) is 0 Å². The molecule has 76 valence electrons. The van der Waals surface area contributed by atoms with Crippen LogP contribution in [0.15, 0.2) is 23.6 Å². The highest BCUT2D eigenvalue weighted by atomic mass is 16.5. The molecular formula is C11H15NO2. The highest BCUT2D eigenvalue weighted by Gasteiger charge is 2.25. The lowest BCUT2D eigenvalue weighted by molar-refractivity contribution is -0.105. The van der Waals surface area contributed by atoms with Crippen molar-refractivity contribution in [1.82, 2.24) is 5.32 Å². The molecule has 1 aliphatic carbocycles. The Labute approximate surface area is 83.8 Å². The van der Waals surface area contributed by atoms with Gasteiger partial charge in [-0.05, 0) is 25.3 Å². The predicted molar refractivity (Wildman–Crippen MR) is 53.6 cm³/mol. The second-order valence-corrected chi connectivity index (χ2v) is 3.76. The van der Waals surface area contributed by atoms with Crippen LogP contribution in [0, 0.1) is 0 Å². The van der Waals surface area contributed by atoms with E-state index in [1.165, 1.54) is 0 Å². The average Bonchev–Trinajstić information content (AvgIpc) is 3.01. The van der Waals surface area contributed by atoms with Crippen molar-refractivity contribution in [2.45, 2.75) is 38.3 Å². The van der Waals surface area contributed by atoms with E-state index in [-0.39, 0.29) is 6.04 Å². The predicted octanol–water partition coefficient (Wildman–Crippen LogP) is 1.51. The third-order valence-electron chi connectivity index (χ3n) is 2.41. The number of hydrogen-bond donors (Lipinski definition) is 1. The largest absolute Gasteiger partial charge is 0.491 e. The maximum absolute atomic E-state index is 10.7. The summed E-state index contributed by atoms with van der Waals surface area (Å²) in [5, 5.41) is 3.11. The third kappa shape index (κ3) is 2.16. The average molecular weight is 193 g/mol. The number of carbonyl (C=O) groups is 1. The Morgan fingerprint density at radius 1 is 1.64 bits per heavy atom. The molecule has 0 aromatic heterocycles. The molecule has 1 unspecified atom stereocenters. The fourth-order valence-electron chi connectivity index (χ4n) is 1.44. The van der Waals surface area contributed by atoms with Crippen LogP contribution in [0.3, 0.4) is 0 Å². The molecule has 3 heteroatoms. The van der Waals surface area contributed by atoms with Crippen molar-refractivity contribution >= 4 is 6.29 Å². The van der Waals surface area contributed by atoms with Crippen LogP contribution in [0.25, 0.3) is 0 Å². The van der Waals surface area contributed by atoms with Crippen LogP contribution in [-0.2, 0) is 9.53 Å². The molecule has 1 fully saturated rings. The molecule has 1 N–H and O–H groups in total. The minimum Gasteiger partial charge on any atom is -0.491 e. The maximum Gasteiger partial charge on any atom is 0.166 e. The van der Waals surface area contributed by atoms with Crippen LogP contribution in [-0.4, -0.2) is 18.4 Å². The lowest BCUT2D eigenvalue weighted by Gasteiger charge is -2.20. The smallest absolute Gasteiger partial charge is 0.166 e. The first-order valence-electron chi connectivity index (χ1n) is 5.13. The van der Waals surface area contributed by atoms with E-state index in [4.69, 9.17) is 4.74 Å². The van der Waals surface area contributed by atoms with Crippen molar-refractivity contribution in [2.75, 3.05) is 0 Å². The van der Waals surface area contributed by atoms with Crippen LogP contribution >= 0.6 is 0 Å². The fourth-order valence-corrected chi connectivity index (χ4v) is 1.44. The van der Waals surface area contributed by atoms with Gasteiger partial charge in [0.05, 0.1) is 11.8 Å². The number of hydrogen-bond acceptors (Lipinski definition) is 3. The molecule has 3 nitrogen and oxygen atoms in total. The molecule has 0 aromatic rings. The summed E-state index contributed by atoms with van der Waals surface area (Å²) in [6.45, 7) is 2.08. The van der Waals surface area contributed by atoms with Gasteiger partial charge in [-0.15, -0.1) is 0 Å². The Kier molecular flexibility index (Phi) is 2.57. The SMILES string of the molecule is CCC1C=C(OC2CC2)C=C(C=O)N1. The van der Waals surface area contributed by atoms with Crippen LogP contribution in [0.5, 0.6) is 0 Å². The van der Waals surface area contributed by atoms with Crippen LogP contribution in [0.4, 0.5) is 0 Å². The van der Waals surface area contributed by atoms with Crippen molar-refractivity contribution < 1.29 is 9.53 Å². The molecule has 0 saturated heterocycles. The summed E-state index contributed by atoms with van der Waals surface area (Å²) in [5.74, 6) is 0.847. The van der Waals surface area contributed by atoms with E-state index in [1.807, 2.05) is 6.08 Å². The molecule has 2 aliphatic rings. The normalized spacial score (nSPS) is 25.9. The standard InChI is InChI=1S/C11H15NO2/c1-2-8-5-11(14-10-3-4-10)6-9(7-13)12-8/h5-8,10,12H,2-4H2,1H3. The minimum atomic E-state index is 0.231. The van der Waals surface area contributed by atoms with Gasteiger partial charge in [0.1, 0.15) is 5.76 Å². The summed E-state index contributed by atoms with van der Waals surface area (Å²) < 4.78 is 5.65. The summed E-state index contributed by atoms with van der Waals surface area (Å²) in [5.41, 5.74) is 0.620. The van der Waals surface area contributed by atoms with Gasteiger partial charge in [0.2, 0.25) is 0 Å². The summed E-state index contributed by atoms with van der Waals surface area (Å²) in [4.78, 5) is 10.7. The Hall–Kier alpha value is -1.25. The molecular weight excluding hydrogens is 178 g/mol. The van der Waals surface area contributed by atoms with Crippen LogP contribution < -0.4 is 5.32 Å². The van der Waals surface area contributed by atoms with Gasteiger partial charge < -0.3 is 10.1 Å². The second kappa shape index (κ2) is 3.86. The zero-order valence-corrected chi connectivity index (χ0v) is 8.32. The first-order valence-corrected chi connectivity index (χ1v) is 5.13. The molecule has 1 heterocycles. The van der Waals surface area contributed by atoms with Gasteiger partial charge >= 0.3 is 0 Å². The summed E-state index contributed by atoms with van der Waals surface area (Å²) in [6, 6.07) is 0.231. The molecule has 1 saturated carbocycles. The van der Waals surface area contributed by atoms with E-state index in [0.29, 0.717) is 11.8 Å². The molecule has 0 amide bonds. The molecule has 0 aromatic carbocycles. The Morgan fingerprint density at radius 3 is 3.00 bits per heavy atom. The monoisotopic (exact) mass is 193 g/mol. The molecule has 0 spiro atoms. The summed E-state index contributed by atoms with van der Waals surface area (Å²) in [7, 11) is 0. The van der Waals surface area contributed by atoms with Gasteiger partial charge in [-0.1, -0.05) is 6.92 Å². The van der Waals surface area contributed by atoms with Crippen molar-refractivity contribution in [3.8, 4) is 0 Å². The number of carbonyl (C=O) groups excluding carboxylic acids is 1. The van der Waals surface area contributed by atoms with Crippen molar-refractivity contribution in [3.63, 3.8) is 0 Å². The van der Waals surface area contributed by atoms with E-state index in [2.05, 4.69) is 12.2 Å².